The van der Waals surface area contributed by atoms with Gasteiger partial charge in [-0.25, -0.2) is 0 Å². The minimum absolute atomic E-state index is 0.00815. The molecule has 0 bridgehead atoms. The molecule has 2 amide bonds. The molecule has 1 N–H and O–H groups in total. The number of likely N-dealkylation sites (tertiary alicyclic amines) is 1. The first kappa shape index (κ1) is 22.6. The van der Waals surface area contributed by atoms with Crippen LogP contribution in [-0.4, -0.2) is 43.5 Å². The zero-order valence-corrected chi connectivity index (χ0v) is 19.2. The molecule has 0 aliphatic carbocycles. The van der Waals surface area contributed by atoms with Crippen molar-refractivity contribution in [3.63, 3.8) is 0 Å². The lowest BCUT2D eigenvalue weighted by Crippen LogP contribution is -2.45. The number of ether oxygens (including phenoxy) is 1. The molecule has 0 spiro atoms. The summed E-state index contributed by atoms with van der Waals surface area (Å²) in [6, 6.07) is 25.6. The van der Waals surface area contributed by atoms with Crippen molar-refractivity contribution in [3.05, 3.63) is 90.0 Å². The lowest BCUT2D eigenvalue weighted by molar-refractivity contribution is -0.130. The second-order valence-corrected chi connectivity index (χ2v) is 8.55. The topological polar surface area (TPSA) is 58.6 Å². The van der Waals surface area contributed by atoms with E-state index in [4.69, 9.17) is 4.74 Å². The molecule has 1 aliphatic rings. The van der Waals surface area contributed by atoms with Crippen LogP contribution in [0.25, 0.3) is 11.1 Å². The Morgan fingerprint density at radius 3 is 2.52 bits per heavy atom. The molecule has 1 fully saturated rings. The van der Waals surface area contributed by atoms with E-state index in [1.165, 1.54) is 0 Å². The molecular formula is C28H30N2O3. The van der Waals surface area contributed by atoms with Crippen LogP contribution in [-0.2, 0) is 11.2 Å². The average Bonchev–Trinajstić information content (AvgIpc) is 3.30. The molecule has 3 aromatic carbocycles. The normalized spacial score (nSPS) is 17.6. The van der Waals surface area contributed by atoms with Crippen molar-refractivity contribution in [2.24, 2.45) is 5.41 Å². The highest BCUT2D eigenvalue weighted by atomic mass is 16.5. The van der Waals surface area contributed by atoms with E-state index in [-0.39, 0.29) is 11.8 Å². The lowest BCUT2D eigenvalue weighted by Gasteiger charge is -2.29. The maximum Gasteiger partial charge on any atom is 0.254 e. The van der Waals surface area contributed by atoms with E-state index in [2.05, 4.69) is 29.6 Å². The maximum atomic E-state index is 13.4. The van der Waals surface area contributed by atoms with Gasteiger partial charge in [0, 0.05) is 25.2 Å². The van der Waals surface area contributed by atoms with E-state index in [1.807, 2.05) is 49.4 Å². The standard InChI is InChI=1S/C28H30N2O3/c1-3-29-27(32)28(19-23-12-7-8-15-25(23)21-10-5-4-6-11-21)16-17-30(20-28)26(31)22-13-9-14-24(18-22)33-2/h4-15,18H,3,16-17,19-20H2,1-2H3,(H,29,32). The van der Waals surface area contributed by atoms with Crippen LogP contribution in [0.4, 0.5) is 0 Å². The molecule has 1 aliphatic heterocycles. The summed E-state index contributed by atoms with van der Waals surface area (Å²) in [6.07, 6.45) is 1.20. The first-order valence-corrected chi connectivity index (χ1v) is 11.4. The third-order valence-electron chi connectivity index (χ3n) is 6.41. The minimum atomic E-state index is -0.671. The number of carbonyl (C=O) groups is 2. The van der Waals surface area contributed by atoms with E-state index in [0.29, 0.717) is 43.8 Å². The highest BCUT2D eigenvalue weighted by Gasteiger charge is 2.46. The Hall–Kier alpha value is -3.60. The van der Waals surface area contributed by atoms with Gasteiger partial charge in [-0.2, -0.15) is 0 Å². The lowest BCUT2D eigenvalue weighted by atomic mass is 9.78. The molecule has 0 saturated carbocycles. The molecule has 170 valence electrons. The Labute approximate surface area is 195 Å². The van der Waals surface area contributed by atoms with Crippen LogP contribution in [0.5, 0.6) is 5.75 Å². The molecule has 0 aromatic heterocycles. The Balaban J connectivity index is 1.64. The van der Waals surface area contributed by atoms with E-state index in [0.717, 1.165) is 16.7 Å². The number of hydrogen-bond donors (Lipinski definition) is 1. The molecular weight excluding hydrogens is 412 g/mol. The van der Waals surface area contributed by atoms with Crippen LogP contribution >= 0.6 is 0 Å². The minimum Gasteiger partial charge on any atom is -0.497 e. The van der Waals surface area contributed by atoms with Crippen molar-refractivity contribution < 1.29 is 14.3 Å². The first-order valence-electron chi connectivity index (χ1n) is 11.4. The largest absolute Gasteiger partial charge is 0.497 e. The number of rotatable bonds is 7. The fraction of sp³-hybridized carbons (Fsp3) is 0.286. The third kappa shape index (κ3) is 4.77. The number of nitrogens with zero attached hydrogens (tertiary/aromatic N) is 1. The van der Waals surface area contributed by atoms with E-state index < -0.39 is 5.41 Å². The SMILES string of the molecule is CCNC(=O)C1(Cc2ccccc2-c2ccccc2)CCN(C(=O)c2cccc(OC)c2)C1. The van der Waals surface area contributed by atoms with Gasteiger partial charge in [0.05, 0.1) is 12.5 Å². The summed E-state index contributed by atoms with van der Waals surface area (Å²) in [6.45, 7) is 3.42. The fourth-order valence-electron chi connectivity index (χ4n) is 4.68. The first-order chi connectivity index (χ1) is 16.1. The van der Waals surface area contributed by atoms with Crippen molar-refractivity contribution in [1.29, 1.82) is 0 Å². The summed E-state index contributed by atoms with van der Waals surface area (Å²) in [4.78, 5) is 28.4. The van der Waals surface area contributed by atoms with Gasteiger partial charge >= 0.3 is 0 Å². The molecule has 5 nitrogen and oxygen atoms in total. The molecule has 3 aromatic rings. The average molecular weight is 443 g/mol. The number of nitrogens with one attached hydrogen (secondary N) is 1. The monoisotopic (exact) mass is 442 g/mol. The van der Waals surface area contributed by atoms with E-state index >= 15 is 0 Å². The molecule has 0 radical (unpaired) electrons. The zero-order chi connectivity index (χ0) is 23.3. The summed E-state index contributed by atoms with van der Waals surface area (Å²) >= 11 is 0. The van der Waals surface area contributed by atoms with Crippen molar-refractivity contribution >= 4 is 11.8 Å². The number of benzene rings is 3. The van der Waals surface area contributed by atoms with Gasteiger partial charge in [-0.05, 0) is 54.7 Å². The predicted octanol–water partition coefficient (Wildman–Crippen LogP) is 4.57. The second kappa shape index (κ2) is 9.90. The number of methoxy groups -OCH3 is 1. The fourth-order valence-corrected chi connectivity index (χ4v) is 4.68. The molecule has 1 saturated heterocycles. The Bertz CT molecular complexity index is 1130. The Kier molecular flexibility index (Phi) is 6.78. The Morgan fingerprint density at radius 1 is 1.00 bits per heavy atom. The summed E-state index contributed by atoms with van der Waals surface area (Å²) in [5, 5.41) is 3.03. The van der Waals surface area contributed by atoms with Crippen LogP contribution in [0.15, 0.2) is 78.9 Å². The van der Waals surface area contributed by atoms with Crippen molar-refractivity contribution in [3.8, 4) is 16.9 Å². The quantitative estimate of drug-likeness (QED) is 0.583. The van der Waals surface area contributed by atoms with Crippen LogP contribution < -0.4 is 10.1 Å². The summed E-state index contributed by atoms with van der Waals surface area (Å²) < 4.78 is 5.28. The highest BCUT2D eigenvalue weighted by molar-refractivity contribution is 5.96. The van der Waals surface area contributed by atoms with Crippen molar-refractivity contribution in [2.75, 3.05) is 26.7 Å². The van der Waals surface area contributed by atoms with Crippen LogP contribution in [0.1, 0.15) is 29.3 Å². The van der Waals surface area contributed by atoms with Gasteiger partial charge in [0.25, 0.3) is 5.91 Å². The van der Waals surface area contributed by atoms with Gasteiger partial charge < -0.3 is 15.0 Å². The van der Waals surface area contributed by atoms with E-state index in [9.17, 15) is 9.59 Å². The molecule has 1 heterocycles. The van der Waals surface area contributed by atoms with Crippen LogP contribution in [0, 0.1) is 5.41 Å². The number of amides is 2. The van der Waals surface area contributed by atoms with E-state index in [1.54, 1.807) is 24.1 Å². The van der Waals surface area contributed by atoms with Gasteiger partial charge in [-0.3, -0.25) is 9.59 Å². The van der Waals surface area contributed by atoms with Gasteiger partial charge in [-0.1, -0.05) is 60.7 Å². The summed E-state index contributed by atoms with van der Waals surface area (Å²) in [5.74, 6) is 0.581. The Morgan fingerprint density at radius 2 is 1.76 bits per heavy atom. The zero-order valence-electron chi connectivity index (χ0n) is 19.2. The highest BCUT2D eigenvalue weighted by Crippen LogP contribution is 2.38. The third-order valence-corrected chi connectivity index (χ3v) is 6.41. The molecule has 4 rings (SSSR count). The molecule has 33 heavy (non-hydrogen) atoms. The van der Waals surface area contributed by atoms with Gasteiger partial charge in [0.15, 0.2) is 0 Å². The van der Waals surface area contributed by atoms with Crippen molar-refractivity contribution in [2.45, 2.75) is 19.8 Å². The molecule has 1 unspecified atom stereocenters. The predicted molar refractivity (Wildman–Crippen MR) is 130 cm³/mol. The van der Waals surface area contributed by atoms with Crippen LogP contribution in [0.3, 0.4) is 0 Å². The molecule has 5 heteroatoms. The second-order valence-electron chi connectivity index (χ2n) is 8.55. The van der Waals surface area contributed by atoms with Crippen LogP contribution in [0.2, 0.25) is 0 Å². The van der Waals surface area contributed by atoms with Crippen molar-refractivity contribution in [1.82, 2.24) is 10.2 Å². The number of carbonyl (C=O) groups excluding carboxylic acids is 2. The van der Waals surface area contributed by atoms with Gasteiger partial charge in [-0.15, -0.1) is 0 Å². The smallest absolute Gasteiger partial charge is 0.254 e. The summed E-state index contributed by atoms with van der Waals surface area (Å²) in [7, 11) is 1.59. The van der Waals surface area contributed by atoms with Gasteiger partial charge in [0.2, 0.25) is 5.91 Å². The van der Waals surface area contributed by atoms with Gasteiger partial charge in [0.1, 0.15) is 5.75 Å². The summed E-state index contributed by atoms with van der Waals surface area (Å²) in [5.41, 5.74) is 3.27. The number of hydrogen-bond acceptors (Lipinski definition) is 3. The molecule has 1 atom stereocenters. The maximum absolute atomic E-state index is 13.4.